The van der Waals surface area contributed by atoms with Crippen molar-refractivity contribution in [1.29, 1.82) is 0 Å². The molecule has 23 heavy (non-hydrogen) atoms. The SMILES string of the molecule is Cc1nn(C)c(C)c1C(c1c[nH]c2ccccc12)n1ccnc1. The van der Waals surface area contributed by atoms with Gasteiger partial charge in [-0.2, -0.15) is 5.10 Å². The van der Waals surface area contributed by atoms with Gasteiger partial charge >= 0.3 is 0 Å². The van der Waals surface area contributed by atoms with Crippen LogP contribution in [0.15, 0.2) is 49.2 Å². The maximum Gasteiger partial charge on any atom is 0.0954 e. The topological polar surface area (TPSA) is 51.4 Å². The van der Waals surface area contributed by atoms with Crippen LogP contribution in [0.2, 0.25) is 0 Å². The molecule has 0 aliphatic rings. The third-order valence-electron chi connectivity index (χ3n) is 4.58. The molecule has 0 aliphatic carbocycles. The predicted octanol–water partition coefficient (Wildman–Crippen LogP) is 3.35. The van der Waals surface area contributed by atoms with Gasteiger partial charge in [-0.3, -0.25) is 4.68 Å². The molecule has 1 unspecified atom stereocenters. The maximum absolute atomic E-state index is 4.60. The smallest absolute Gasteiger partial charge is 0.0954 e. The second-order valence-electron chi connectivity index (χ2n) is 5.91. The first-order valence-electron chi connectivity index (χ1n) is 7.70. The minimum Gasteiger partial charge on any atom is -0.361 e. The highest BCUT2D eigenvalue weighted by Crippen LogP contribution is 2.35. The number of hydrogen-bond donors (Lipinski definition) is 1. The average Bonchev–Trinajstić information content (AvgIpc) is 3.26. The molecule has 3 heterocycles. The molecule has 0 saturated carbocycles. The van der Waals surface area contributed by atoms with E-state index < -0.39 is 0 Å². The number of fused-ring (bicyclic) bond motifs is 1. The highest BCUT2D eigenvalue weighted by Gasteiger charge is 2.25. The first-order chi connectivity index (χ1) is 11.2. The molecule has 4 rings (SSSR count). The molecule has 0 fully saturated rings. The Kier molecular flexibility index (Phi) is 3.08. The summed E-state index contributed by atoms with van der Waals surface area (Å²) in [6, 6.07) is 8.45. The number of nitrogens with zero attached hydrogens (tertiary/aromatic N) is 4. The molecule has 0 saturated heterocycles. The second kappa shape index (κ2) is 5.12. The zero-order valence-electron chi connectivity index (χ0n) is 13.5. The van der Waals surface area contributed by atoms with Crippen LogP contribution in [0.1, 0.15) is 28.6 Å². The standard InChI is InChI=1S/C18H19N5/c1-12-17(13(2)22(3)21-12)18(23-9-8-19-11-23)15-10-20-16-7-5-4-6-14(15)16/h4-11,18,20H,1-3H3. The Morgan fingerprint density at radius 3 is 2.70 bits per heavy atom. The Morgan fingerprint density at radius 2 is 2.00 bits per heavy atom. The van der Waals surface area contributed by atoms with Gasteiger partial charge in [0.2, 0.25) is 0 Å². The van der Waals surface area contributed by atoms with Crippen LogP contribution >= 0.6 is 0 Å². The third-order valence-corrected chi connectivity index (χ3v) is 4.58. The van der Waals surface area contributed by atoms with E-state index in [1.54, 1.807) is 0 Å². The van der Waals surface area contributed by atoms with Gasteiger partial charge in [-0.1, -0.05) is 18.2 Å². The van der Waals surface area contributed by atoms with Crippen molar-refractivity contribution in [3.8, 4) is 0 Å². The van der Waals surface area contributed by atoms with Gasteiger partial charge in [0.15, 0.2) is 0 Å². The van der Waals surface area contributed by atoms with Gasteiger partial charge < -0.3 is 9.55 Å². The average molecular weight is 305 g/mol. The summed E-state index contributed by atoms with van der Waals surface area (Å²) in [7, 11) is 1.99. The number of H-pyrrole nitrogens is 1. The van der Waals surface area contributed by atoms with Crippen molar-refractivity contribution in [3.63, 3.8) is 0 Å². The lowest BCUT2D eigenvalue weighted by molar-refractivity contribution is 0.669. The zero-order chi connectivity index (χ0) is 16.0. The first-order valence-corrected chi connectivity index (χ1v) is 7.70. The molecule has 0 spiro atoms. The summed E-state index contributed by atoms with van der Waals surface area (Å²) in [6.45, 7) is 4.19. The molecule has 4 aromatic rings. The maximum atomic E-state index is 4.60. The Bertz CT molecular complexity index is 959. The number of aromatic nitrogens is 5. The van der Waals surface area contributed by atoms with Gasteiger partial charge in [-0.15, -0.1) is 0 Å². The predicted molar refractivity (Wildman–Crippen MR) is 90.4 cm³/mol. The summed E-state index contributed by atoms with van der Waals surface area (Å²) < 4.78 is 4.09. The minimum absolute atomic E-state index is 0.0577. The summed E-state index contributed by atoms with van der Waals surface area (Å²) in [5.41, 5.74) is 5.83. The summed E-state index contributed by atoms with van der Waals surface area (Å²) in [6.07, 6.45) is 7.81. The fourth-order valence-electron chi connectivity index (χ4n) is 3.39. The Labute approximate surface area is 134 Å². The number of para-hydroxylation sites is 1. The Morgan fingerprint density at radius 1 is 1.17 bits per heavy atom. The summed E-state index contributed by atoms with van der Waals surface area (Å²) in [4.78, 5) is 7.64. The Hall–Kier alpha value is -2.82. The van der Waals surface area contributed by atoms with Crippen molar-refractivity contribution in [2.75, 3.05) is 0 Å². The third kappa shape index (κ3) is 2.08. The summed E-state index contributed by atoms with van der Waals surface area (Å²) in [5, 5.41) is 5.83. The highest BCUT2D eigenvalue weighted by molar-refractivity contribution is 5.84. The van der Waals surface area contributed by atoms with Crippen molar-refractivity contribution in [3.05, 3.63) is 71.7 Å². The van der Waals surface area contributed by atoms with Gasteiger partial charge in [0.05, 0.1) is 18.1 Å². The van der Waals surface area contributed by atoms with E-state index >= 15 is 0 Å². The number of nitrogens with one attached hydrogen (secondary N) is 1. The Balaban J connectivity index is 2.01. The van der Waals surface area contributed by atoms with Crippen LogP contribution in [0.5, 0.6) is 0 Å². The van der Waals surface area contributed by atoms with E-state index in [-0.39, 0.29) is 6.04 Å². The van der Waals surface area contributed by atoms with Crippen molar-refractivity contribution in [1.82, 2.24) is 24.3 Å². The second-order valence-corrected chi connectivity index (χ2v) is 5.91. The van der Waals surface area contributed by atoms with E-state index in [0.29, 0.717) is 0 Å². The molecule has 0 amide bonds. The van der Waals surface area contributed by atoms with E-state index in [9.17, 15) is 0 Å². The monoisotopic (exact) mass is 305 g/mol. The summed E-state index contributed by atoms with van der Waals surface area (Å²) in [5.74, 6) is 0. The first kappa shape index (κ1) is 13.8. The lowest BCUT2D eigenvalue weighted by Crippen LogP contribution is -2.12. The summed E-state index contributed by atoms with van der Waals surface area (Å²) >= 11 is 0. The fraction of sp³-hybridized carbons (Fsp3) is 0.222. The van der Waals surface area contributed by atoms with Crippen molar-refractivity contribution in [2.24, 2.45) is 7.05 Å². The molecule has 3 aromatic heterocycles. The van der Waals surface area contributed by atoms with Gasteiger partial charge in [-0.05, 0) is 19.9 Å². The van der Waals surface area contributed by atoms with Crippen molar-refractivity contribution < 1.29 is 0 Å². The van der Waals surface area contributed by atoms with E-state index in [4.69, 9.17) is 0 Å². The van der Waals surface area contributed by atoms with Gasteiger partial charge in [0, 0.05) is 53.4 Å². The molecule has 116 valence electrons. The normalized spacial score (nSPS) is 12.8. The van der Waals surface area contributed by atoms with E-state index in [1.165, 1.54) is 22.2 Å². The van der Waals surface area contributed by atoms with Crippen molar-refractivity contribution >= 4 is 10.9 Å². The van der Waals surface area contributed by atoms with E-state index in [2.05, 4.69) is 63.9 Å². The number of benzene rings is 1. The molecule has 0 aliphatic heterocycles. The van der Waals surface area contributed by atoms with Crippen LogP contribution < -0.4 is 0 Å². The number of imidazole rings is 1. The van der Waals surface area contributed by atoms with Crippen LogP contribution in [0.4, 0.5) is 0 Å². The molecule has 1 atom stereocenters. The van der Waals surface area contributed by atoms with Crippen LogP contribution in [0.25, 0.3) is 10.9 Å². The lowest BCUT2D eigenvalue weighted by atomic mass is 9.96. The number of aryl methyl sites for hydroxylation is 2. The largest absolute Gasteiger partial charge is 0.361 e. The molecule has 0 radical (unpaired) electrons. The minimum atomic E-state index is 0.0577. The number of rotatable bonds is 3. The number of aromatic amines is 1. The van der Waals surface area contributed by atoms with Crippen LogP contribution in [-0.2, 0) is 7.05 Å². The van der Waals surface area contributed by atoms with Crippen LogP contribution in [-0.4, -0.2) is 24.3 Å². The van der Waals surface area contributed by atoms with Gasteiger partial charge in [0.1, 0.15) is 0 Å². The highest BCUT2D eigenvalue weighted by atomic mass is 15.3. The van der Waals surface area contributed by atoms with E-state index in [0.717, 1.165) is 11.2 Å². The lowest BCUT2D eigenvalue weighted by Gasteiger charge is -2.19. The molecular formula is C18H19N5. The number of hydrogen-bond acceptors (Lipinski definition) is 2. The van der Waals surface area contributed by atoms with Crippen LogP contribution in [0, 0.1) is 13.8 Å². The molecule has 5 nitrogen and oxygen atoms in total. The van der Waals surface area contributed by atoms with E-state index in [1.807, 2.05) is 30.5 Å². The van der Waals surface area contributed by atoms with Gasteiger partial charge in [0.25, 0.3) is 0 Å². The zero-order valence-corrected chi connectivity index (χ0v) is 13.5. The van der Waals surface area contributed by atoms with Gasteiger partial charge in [-0.25, -0.2) is 4.98 Å². The molecule has 5 heteroatoms. The molecule has 0 bridgehead atoms. The molecule has 1 N–H and O–H groups in total. The quantitative estimate of drug-likeness (QED) is 0.631. The fourth-order valence-corrected chi connectivity index (χ4v) is 3.39. The molecular weight excluding hydrogens is 286 g/mol. The molecule has 1 aromatic carbocycles. The van der Waals surface area contributed by atoms with Crippen molar-refractivity contribution in [2.45, 2.75) is 19.9 Å². The van der Waals surface area contributed by atoms with Crippen LogP contribution in [0.3, 0.4) is 0 Å².